The molecule has 4 heteroatoms. The highest BCUT2D eigenvalue weighted by molar-refractivity contribution is 5.00. The number of nitrogens with zero attached hydrogens (tertiary/aromatic N) is 3. The molecular weight excluding hydrogens is 166 g/mol. The zero-order valence-electron chi connectivity index (χ0n) is 7.90. The van der Waals surface area contributed by atoms with E-state index in [-0.39, 0.29) is 6.61 Å². The van der Waals surface area contributed by atoms with Crippen molar-refractivity contribution in [2.24, 2.45) is 7.05 Å². The van der Waals surface area contributed by atoms with Crippen LogP contribution >= 0.6 is 0 Å². The number of aliphatic hydroxyl groups is 1. The molecular formula is C9H15N3O. The Bertz CT molecular complexity index is 289. The van der Waals surface area contributed by atoms with E-state index in [0.29, 0.717) is 11.7 Å². The van der Waals surface area contributed by atoms with Gasteiger partial charge in [0, 0.05) is 13.0 Å². The van der Waals surface area contributed by atoms with E-state index >= 15 is 0 Å². The lowest BCUT2D eigenvalue weighted by atomic mass is 10.1. The first-order valence-corrected chi connectivity index (χ1v) is 4.82. The van der Waals surface area contributed by atoms with Crippen LogP contribution in [-0.4, -0.2) is 19.9 Å². The zero-order chi connectivity index (χ0) is 9.26. The van der Waals surface area contributed by atoms with Crippen LogP contribution in [0.4, 0.5) is 0 Å². The van der Waals surface area contributed by atoms with Crippen molar-refractivity contribution in [1.82, 2.24) is 14.8 Å². The highest BCUT2D eigenvalue weighted by atomic mass is 16.3. The molecule has 1 N–H and O–H groups in total. The Kier molecular flexibility index (Phi) is 2.31. The number of aryl methyl sites for hydroxylation is 1. The van der Waals surface area contributed by atoms with Crippen molar-refractivity contribution in [1.29, 1.82) is 0 Å². The summed E-state index contributed by atoms with van der Waals surface area (Å²) in [5, 5.41) is 13.3. The van der Waals surface area contributed by atoms with Crippen molar-refractivity contribution in [2.45, 2.75) is 38.2 Å². The van der Waals surface area contributed by atoms with Crippen LogP contribution in [0, 0.1) is 0 Å². The number of hydrogen-bond donors (Lipinski definition) is 1. The fourth-order valence-electron chi connectivity index (χ4n) is 1.93. The molecule has 13 heavy (non-hydrogen) atoms. The van der Waals surface area contributed by atoms with E-state index in [9.17, 15) is 0 Å². The normalized spacial score (nSPS) is 18.3. The molecule has 1 heterocycles. The van der Waals surface area contributed by atoms with Gasteiger partial charge in [-0.1, -0.05) is 12.8 Å². The summed E-state index contributed by atoms with van der Waals surface area (Å²) in [4.78, 5) is 4.31. The molecule has 0 aliphatic heterocycles. The fourth-order valence-corrected chi connectivity index (χ4v) is 1.93. The van der Waals surface area contributed by atoms with Crippen LogP contribution in [-0.2, 0) is 13.7 Å². The second-order valence-electron chi connectivity index (χ2n) is 3.65. The third-order valence-corrected chi connectivity index (χ3v) is 2.73. The maximum absolute atomic E-state index is 8.95. The third-order valence-electron chi connectivity index (χ3n) is 2.73. The number of aliphatic hydroxyl groups excluding tert-OH is 1. The summed E-state index contributed by atoms with van der Waals surface area (Å²) in [5.41, 5.74) is 0. The Morgan fingerprint density at radius 2 is 2.15 bits per heavy atom. The second kappa shape index (κ2) is 3.46. The Morgan fingerprint density at radius 3 is 2.69 bits per heavy atom. The minimum atomic E-state index is -0.0176. The summed E-state index contributed by atoms with van der Waals surface area (Å²) < 4.78 is 1.67. The van der Waals surface area contributed by atoms with E-state index in [2.05, 4.69) is 10.1 Å². The lowest BCUT2D eigenvalue weighted by Gasteiger charge is -2.00. The lowest BCUT2D eigenvalue weighted by molar-refractivity contribution is 0.265. The molecule has 72 valence electrons. The number of aromatic nitrogens is 3. The van der Waals surface area contributed by atoms with Crippen LogP contribution in [0.2, 0.25) is 0 Å². The van der Waals surface area contributed by atoms with Gasteiger partial charge in [0.05, 0.1) is 0 Å². The van der Waals surface area contributed by atoms with Gasteiger partial charge in [-0.3, -0.25) is 4.68 Å². The zero-order valence-corrected chi connectivity index (χ0v) is 7.90. The van der Waals surface area contributed by atoms with E-state index in [1.165, 1.54) is 25.7 Å². The van der Waals surface area contributed by atoms with Gasteiger partial charge in [-0.05, 0) is 12.8 Å². The van der Waals surface area contributed by atoms with Crippen molar-refractivity contribution >= 4 is 0 Å². The Morgan fingerprint density at radius 1 is 1.46 bits per heavy atom. The first-order valence-electron chi connectivity index (χ1n) is 4.82. The maximum atomic E-state index is 8.95. The summed E-state index contributed by atoms with van der Waals surface area (Å²) >= 11 is 0. The molecule has 0 spiro atoms. The molecule has 0 saturated heterocycles. The predicted octanol–water partition coefficient (Wildman–Crippen LogP) is 0.965. The van der Waals surface area contributed by atoms with E-state index in [1.807, 2.05) is 7.05 Å². The quantitative estimate of drug-likeness (QED) is 0.739. The average Bonchev–Trinajstić information content (AvgIpc) is 2.71. The molecule has 1 fully saturated rings. The first-order chi connectivity index (χ1) is 6.31. The molecule has 0 unspecified atom stereocenters. The summed E-state index contributed by atoms with van der Waals surface area (Å²) in [7, 11) is 1.83. The summed E-state index contributed by atoms with van der Waals surface area (Å²) in [6, 6.07) is 0. The van der Waals surface area contributed by atoms with Crippen molar-refractivity contribution in [3.05, 3.63) is 11.6 Å². The Labute approximate surface area is 77.6 Å². The van der Waals surface area contributed by atoms with Crippen molar-refractivity contribution in [3.63, 3.8) is 0 Å². The van der Waals surface area contributed by atoms with Crippen molar-refractivity contribution in [2.75, 3.05) is 0 Å². The van der Waals surface area contributed by atoms with Crippen LogP contribution < -0.4 is 0 Å². The molecule has 4 nitrogen and oxygen atoms in total. The minimum Gasteiger partial charge on any atom is -0.388 e. The van der Waals surface area contributed by atoms with Gasteiger partial charge >= 0.3 is 0 Å². The van der Waals surface area contributed by atoms with Crippen LogP contribution in [0.3, 0.4) is 0 Å². The highest BCUT2D eigenvalue weighted by Crippen LogP contribution is 2.31. The van der Waals surface area contributed by atoms with Crippen LogP contribution in [0.5, 0.6) is 0 Å². The largest absolute Gasteiger partial charge is 0.388 e. The van der Waals surface area contributed by atoms with Gasteiger partial charge in [-0.2, -0.15) is 5.10 Å². The molecule has 0 atom stereocenters. The van der Waals surface area contributed by atoms with Gasteiger partial charge in [0.25, 0.3) is 0 Å². The van der Waals surface area contributed by atoms with Gasteiger partial charge in [-0.15, -0.1) is 0 Å². The van der Waals surface area contributed by atoms with Crippen molar-refractivity contribution in [3.8, 4) is 0 Å². The molecule has 0 amide bonds. The van der Waals surface area contributed by atoms with E-state index in [4.69, 9.17) is 5.11 Å². The fraction of sp³-hybridized carbons (Fsp3) is 0.778. The number of hydrogen-bond acceptors (Lipinski definition) is 3. The molecule has 2 rings (SSSR count). The molecule has 1 aliphatic carbocycles. The summed E-state index contributed by atoms with van der Waals surface area (Å²) in [5.74, 6) is 2.12. The van der Waals surface area contributed by atoms with E-state index in [1.54, 1.807) is 4.68 Å². The van der Waals surface area contributed by atoms with E-state index < -0.39 is 0 Å². The molecule has 1 saturated carbocycles. The lowest BCUT2D eigenvalue weighted by Crippen LogP contribution is -1.98. The molecule has 1 aromatic heterocycles. The second-order valence-corrected chi connectivity index (χ2v) is 3.65. The summed E-state index contributed by atoms with van der Waals surface area (Å²) in [6.07, 6.45) is 4.98. The highest BCUT2D eigenvalue weighted by Gasteiger charge is 2.21. The minimum absolute atomic E-state index is 0.0176. The van der Waals surface area contributed by atoms with Crippen molar-refractivity contribution < 1.29 is 5.11 Å². The van der Waals surface area contributed by atoms with Gasteiger partial charge in [0.2, 0.25) is 0 Å². The Balaban J connectivity index is 2.20. The average molecular weight is 181 g/mol. The van der Waals surface area contributed by atoms with Crippen LogP contribution in [0.1, 0.15) is 43.3 Å². The maximum Gasteiger partial charge on any atom is 0.154 e. The van der Waals surface area contributed by atoms with E-state index in [0.717, 1.165) is 5.82 Å². The van der Waals surface area contributed by atoms with Crippen LogP contribution in [0.15, 0.2) is 0 Å². The standard InChI is InChI=1S/C9H15N3O/c1-12-8(6-13)10-9(11-12)7-4-2-3-5-7/h7,13H,2-6H2,1H3. The third kappa shape index (κ3) is 1.58. The molecule has 0 aromatic carbocycles. The predicted molar refractivity (Wildman–Crippen MR) is 48.1 cm³/mol. The van der Waals surface area contributed by atoms with Crippen LogP contribution in [0.25, 0.3) is 0 Å². The molecule has 1 aromatic rings. The molecule has 0 radical (unpaired) electrons. The number of rotatable bonds is 2. The van der Waals surface area contributed by atoms with Gasteiger partial charge in [0.1, 0.15) is 6.61 Å². The smallest absolute Gasteiger partial charge is 0.154 e. The van der Waals surface area contributed by atoms with Gasteiger partial charge < -0.3 is 5.11 Å². The molecule has 0 bridgehead atoms. The van der Waals surface area contributed by atoms with Gasteiger partial charge in [-0.25, -0.2) is 4.98 Å². The monoisotopic (exact) mass is 181 g/mol. The topological polar surface area (TPSA) is 50.9 Å². The summed E-state index contributed by atoms with van der Waals surface area (Å²) in [6.45, 7) is -0.0176. The SMILES string of the molecule is Cn1nc(C2CCCC2)nc1CO. The Hall–Kier alpha value is -0.900. The van der Waals surface area contributed by atoms with Gasteiger partial charge in [0.15, 0.2) is 11.6 Å². The first kappa shape index (κ1) is 8.69. The molecule has 1 aliphatic rings.